The van der Waals surface area contributed by atoms with Crippen LogP contribution < -0.4 is 0 Å². The predicted octanol–water partition coefficient (Wildman–Crippen LogP) is 5.55. The van der Waals surface area contributed by atoms with Gasteiger partial charge in [-0.3, -0.25) is 0 Å². The Morgan fingerprint density at radius 1 is 1.31 bits per heavy atom. The highest BCUT2D eigenvalue weighted by atomic mass is 32.1. The predicted molar refractivity (Wildman–Crippen MR) is 124 cm³/mol. The largest absolute Gasteiger partial charge is 0.462 e. The van der Waals surface area contributed by atoms with Gasteiger partial charge in [0.2, 0.25) is 0 Å². The molecule has 2 aromatic heterocycles. The number of hydrogen-bond donors (Lipinski definition) is 2. The fourth-order valence-electron chi connectivity index (χ4n) is 4.52. The van der Waals surface area contributed by atoms with Crippen LogP contribution in [0, 0.1) is 13.8 Å². The fourth-order valence-corrected chi connectivity index (χ4v) is 6.67. The maximum atomic E-state index is 12.6. The van der Waals surface area contributed by atoms with E-state index in [1.54, 1.807) is 18.3 Å². The van der Waals surface area contributed by atoms with Crippen molar-refractivity contribution < 1.29 is 13.9 Å². The molecular weight excluding hydrogens is 422 g/mol. The van der Waals surface area contributed by atoms with Crippen LogP contribution in [0.2, 0.25) is 0 Å². The van der Waals surface area contributed by atoms with Crippen molar-refractivity contribution in [1.82, 2.24) is 4.98 Å². The Morgan fingerprint density at radius 3 is 2.66 bits per heavy atom. The molecule has 0 bridgehead atoms. The van der Waals surface area contributed by atoms with Gasteiger partial charge in [0.25, 0.3) is 0 Å². The van der Waals surface area contributed by atoms with Gasteiger partial charge in [-0.1, -0.05) is 6.07 Å². The van der Waals surface area contributed by atoms with Crippen molar-refractivity contribution in [2.75, 3.05) is 6.61 Å². The molecule has 1 aliphatic carbocycles. The van der Waals surface area contributed by atoms with Gasteiger partial charge in [-0.15, -0.1) is 11.3 Å². The maximum absolute atomic E-state index is 12.6. The number of thiol groups is 2. The van der Waals surface area contributed by atoms with Crippen LogP contribution in [-0.4, -0.2) is 28.1 Å². The van der Waals surface area contributed by atoms with E-state index >= 15 is 0 Å². The molecule has 7 heteroatoms. The van der Waals surface area contributed by atoms with E-state index in [1.807, 2.05) is 26.1 Å². The number of hydrogen-bond acceptors (Lipinski definition) is 7. The molecule has 4 rings (SSSR count). The van der Waals surface area contributed by atoms with Gasteiger partial charge in [0.15, 0.2) is 0 Å². The molecule has 0 saturated heterocycles. The molecule has 2 atom stereocenters. The summed E-state index contributed by atoms with van der Waals surface area (Å²) in [5.41, 5.74) is 2.11. The van der Waals surface area contributed by atoms with Crippen LogP contribution in [0.5, 0.6) is 0 Å². The average molecular weight is 448 g/mol. The second-order valence-corrected chi connectivity index (χ2v) is 10.2. The minimum Gasteiger partial charge on any atom is -0.462 e. The zero-order chi connectivity index (χ0) is 20.8. The minimum atomic E-state index is -0.343. The van der Waals surface area contributed by atoms with Crippen molar-refractivity contribution in [1.29, 1.82) is 0 Å². The SMILES string of the molecule is CCOC(=O)c1c(C)oc2ccc(C3(Cc4cnc(C)s4)C(S)CCC3S)cc12. The third-order valence-electron chi connectivity index (χ3n) is 5.92. The number of aromatic nitrogens is 1. The molecular formula is C22H25NO3S3. The molecule has 2 unspecified atom stereocenters. The Bertz CT molecular complexity index is 1040. The third-order valence-corrected chi connectivity index (χ3v) is 8.27. The average Bonchev–Trinajstić information content (AvgIpc) is 3.32. The summed E-state index contributed by atoms with van der Waals surface area (Å²) in [6.45, 7) is 5.97. The molecule has 4 nitrogen and oxygen atoms in total. The highest BCUT2D eigenvalue weighted by Gasteiger charge is 2.49. The Labute approximate surface area is 185 Å². The van der Waals surface area contributed by atoms with E-state index in [0.29, 0.717) is 23.5 Å². The monoisotopic (exact) mass is 447 g/mol. The lowest BCUT2D eigenvalue weighted by Gasteiger charge is -2.37. The van der Waals surface area contributed by atoms with Gasteiger partial charge in [0.1, 0.15) is 16.9 Å². The van der Waals surface area contributed by atoms with E-state index in [-0.39, 0.29) is 21.9 Å². The summed E-state index contributed by atoms with van der Waals surface area (Å²) in [6, 6.07) is 6.15. The summed E-state index contributed by atoms with van der Waals surface area (Å²) in [5, 5.41) is 2.20. The molecule has 0 amide bonds. The fraction of sp³-hybridized carbons (Fsp3) is 0.455. The normalized spacial score (nSPS) is 24.3. The Balaban J connectivity index is 1.86. The summed E-state index contributed by atoms with van der Waals surface area (Å²) in [7, 11) is 0. The molecule has 2 heterocycles. The van der Waals surface area contributed by atoms with Crippen LogP contribution in [-0.2, 0) is 16.6 Å². The number of rotatable bonds is 5. The molecule has 29 heavy (non-hydrogen) atoms. The zero-order valence-corrected chi connectivity index (χ0v) is 19.4. The van der Waals surface area contributed by atoms with E-state index in [9.17, 15) is 4.79 Å². The van der Waals surface area contributed by atoms with Crippen LogP contribution in [0.25, 0.3) is 11.0 Å². The molecule has 3 aromatic rings. The second-order valence-electron chi connectivity index (χ2n) is 7.64. The number of aryl methyl sites for hydroxylation is 2. The number of esters is 1. The van der Waals surface area contributed by atoms with E-state index in [0.717, 1.165) is 35.2 Å². The second kappa shape index (κ2) is 8.00. The Morgan fingerprint density at radius 2 is 2.03 bits per heavy atom. The first-order chi connectivity index (χ1) is 13.9. The lowest BCUT2D eigenvalue weighted by atomic mass is 9.74. The molecule has 0 aliphatic heterocycles. The quantitative estimate of drug-likeness (QED) is 0.397. The van der Waals surface area contributed by atoms with E-state index < -0.39 is 0 Å². The highest BCUT2D eigenvalue weighted by molar-refractivity contribution is 7.82. The molecule has 0 radical (unpaired) electrons. The van der Waals surface area contributed by atoms with Crippen molar-refractivity contribution in [2.24, 2.45) is 0 Å². The van der Waals surface area contributed by atoms with Crippen LogP contribution in [0.1, 0.15) is 51.3 Å². The van der Waals surface area contributed by atoms with Crippen LogP contribution in [0.4, 0.5) is 0 Å². The van der Waals surface area contributed by atoms with Gasteiger partial charge in [0.05, 0.1) is 11.6 Å². The van der Waals surface area contributed by atoms with E-state index in [1.165, 1.54) is 4.88 Å². The van der Waals surface area contributed by atoms with Crippen molar-refractivity contribution >= 4 is 53.5 Å². The topological polar surface area (TPSA) is 52.3 Å². The van der Waals surface area contributed by atoms with Gasteiger partial charge < -0.3 is 9.15 Å². The number of benzene rings is 1. The van der Waals surface area contributed by atoms with Crippen LogP contribution in [0.3, 0.4) is 0 Å². The number of carbonyl (C=O) groups is 1. The Kier molecular flexibility index (Phi) is 5.75. The van der Waals surface area contributed by atoms with Crippen LogP contribution >= 0.6 is 36.6 Å². The molecule has 1 aromatic carbocycles. The first-order valence-corrected chi connectivity index (χ1v) is 11.7. The van der Waals surface area contributed by atoms with Crippen molar-refractivity contribution in [3.05, 3.63) is 51.2 Å². The maximum Gasteiger partial charge on any atom is 0.342 e. The minimum absolute atomic E-state index is 0.170. The van der Waals surface area contributed by atoms with Crippen LogP contribution in [0.15, 0.2) is 28.8 Å². The number of carbonyl (C=O) groups excluding carboxylic acids is 1. The van der Waals surface area contributed by atoms with Gasteiger partial charge in [0, 0.05) is 32.4 Å². The smallest absolute Gasteiger partial charge is 0.342 e. The summed E-state index contributed by atoms with van der Waals surface area (Å²) in [6.07, 6.45) is 4.80. The summed E-state index contributed by atoms with van der Waals surface area (Å²) in [5.74, 6) is 0.239. The first-order valence-electron chi connectivity index (χ1n) is 9.85. The molecule has 154 valence electrons. The molecule has 0 spiro atoms. The number of nitrogens with zero attached hydrogens (tertiary/aromatic N) is 1. The van der Waals surface area contributed by atoms with Gasteiger partial charge >= 0.3 is 5.97 Å². The van der Waals surface area contributed by atoms with Gasteiger partial charge in [-0.25, -0.2) is 9.78 Å². The van der Waals surface area contributed by atoms with Gasteiger partial charge in [-0.2, -0.15) is 25.3 Å². The van der Waals surface area contributed by atoms with Gasteiger partial charge in [-0.05, 0) is 57.7 Å². The first kappa shape index (κ1) is 20.8. The Hall–Kier alpha value is -1.44. The van der Waals surface area contributed by atoms with E-state index in [2.05, 4.69) is 17.1 Å². The third kappa shape index (κ3) is 3.51. The lowest BCUT2D eigenvalue weighted by molar-refractivity contribution is 0.0526. The molecule has 0 N–H and O–H groups in total. The summed E-state index contributed by atoms with van der Waals surface area (Å²) >= 11 is 11.7. The van der Waals surface area contributed by atoms with E-state index in [4.69, 9.17) is 34.4 Å². The van der Waals surface area contributed by atoms with Crippen molar-refractivity contribution in [3.63, 3.8) is 0 Å². The molecule has 1 saturated carbocycles. The highest BCUT2D eigenvalue weighted by Crippen LogP contribution is 2.50. The summed E-state index contributed by atoms with van der Waals surface area (Å²) < 4.78 is 11.1. The number of thiazole rings is 1. The number of furan rings is 1. The zero-order valence-electron chi connectivity index (χ0n) is 16.8. The van der Waals surface area contributed by atoms with Crippen molar-refractivity contribution in [3.8, 4) is 0 Å². The molecule has 1 aliphatic rings. The molecule has 1 fully saturated rings. The number of ether oxygens (including phenoxy) is 1. The number of fused-ring (bicyclic) bond motifs is 1. The van der Waals surface area contributed by atoms with Crippen molar-refractivity contribution in [2.45, 2.75) is 55.9 Å². The summed E-state index contributed by atoms with van der Waals surface area (Å²) in [4.78, 5) is 18.2. The standard InChI is InChI=1S/C22H25NO3S3/c1-4-25-21(24)20-12(2)26-17-6-5-14(9-16(17)20)22(18(27)7-8-19(22)28)10-15-11-23-13(3)29-15/h5-6,9,11,18-19,27-28H,4,7-8,10H2,1-3H3. The lowest BCUT2D eigenvalue weighted by Crippen LogP contribution is -2.40.